The lowest BCUT2D eigenvalue weighted by atomic mass is 10.2. The summed E-state index contributed by atoms with van der Waals surface area (Å²) in [6.07, 6.45) is 0. The van der Waals surface area contributed by atoms with Crippen molar-refractivity contribution in [3.8, 4) is 0 Å². The molecule has 1 atom stereocenters. The molecule has 1 fully saturated rings. The van der Waals surface area contributed by atoms with E-state index in [1.807, 2.05) is 30.1 Å². The Labute approximate surface area is 174 Å². The number of aromatic nitrogens is 1. The van der Waals surface area contributed by atoms with E-state index in [0.29, 0.717) is 19.6 Å². The summed E-state index contributed by atoms with van der Waals surface area (Å²) in [7, 11) is 1.98. The first kappa shape index (κ1) is 19.8. The Kier molecular flexibility index (Phi) is 5.78. The van der Waals surface area contributed by atoms with Crippen molar-refractivity contribution in [1.29, 1.82) is 0 Å². The first-order valence-electron chi connectivity index (χ1n) is 9.85. The molecule has 0 aliphatic carbocycles. The lowest BCUT2D eigenvalue weighted by molar-refractivity contribution is -0.132. The van der Waals surface area contributed by atoms with E-state index in [9.17, 15) is 9.18 Å². The average Bonchev–Trinajstić information content (AvgIpc) is 3.18. The van der Waals surface area contributed by atoms with Gasteiger partial charge < -0.3 is 9.80 Å². The molecule has 0 radical (unpaired) electrons. The Morgan fingerprint density at radius 3 is 2.52 bits per heavy atom. The average molecular weight is 413 g/mol. The van der Waals surface area contributed by atoms with Gasteiger partial charge in [-0.05, 0) is 50.4 Å². The van der Waals surface area contributed by atoms with Crippen LogP contribution in [0.15, 0.2) is 48.5 Å². The van der Waals surface area contributed by atoms with Crippen LogP contribution in [0.3, 0.4) is 0 Å². The summed E-state index contributed by atoms with van der Waals surface area (Å²) in [6, 6.07) is 14.7. The van der Waals surface area contributed by atoms with Gasteiger partial charge in [0.2, 0.25) is 5.91 Å². The van der Waals surface area contributed by atoms with Crippen LogP contribution in [0.2, 0.25) is 0 Å². The summed E-state index contributed by atoms with van der Waals surface area (Å²) in [6.45, 7) is 5.34. The van der Waals surface area contributed by atoms with Crippen LogP contribution >= 0.6 is 11.3 Å². The Balaban J connectivity index is 1.32. The number of hydrogen-bond donors (Lipinski definition) is 0. The summed E-state index contributed by atoms with van der Waals surface area (Å²) in [4.78, 5) is 23.7. The fourth-order valence-corrected chi connectivity index (χ4v) is 4.66. The highest BCUT2D eigenvalue weighted by Crippen LogP contribution is 2.28. The number of carbonyl (C=O) groups is 1. The molecule has 0 saturated carbocycles. The van der Waals surface area contributed by atoms with E-state index in [4.69, 9.17) is 4.98 Å². The van der Waals surface area contributed by atoms with Gasteiger partial charge in [-0.2, -0.15) is 0 Å². The smallest absolute Gasteiger partial charge is 0.236 e. The molecule has 152 valence electrons. The van der Waals surface area contributed by atoms with E-state index in [0.717, 1.165) is 29.3 Å². The third-order valence-corrected chi connectivity index (χ3v) is 6.74. The molecule has 3 aromatic rings. The Hall–Kier alpha value is -2.51. The second-order valence-electron chi connectivity index (χ2n) is 7.46. The van der Waals surface area contributed by atoms with Crippen LogP contribution in [-0.4, -0.2) is 60.5 Å². The summed E-state index contributed by atoms with van der Waals surface area (Å²) in [5, 5.41) is 1.03. The van der Waals surface area contributed by atoms with Crippen molar-refractivity contribution in [2.45, 2.75) is 13.0 Å². The highest BCUT2D eigenvalue weighted by molar-refractivity contribution is 7.18. The topological polar surface area (TPSA) is 39.7 Å². The fraction of sp³-hybridized carbons (Fsp3) is 0.364. The number of rotatable bonds is 5. The van der Waals surface area contributed by atoms with Crippen LogP contribution in [0, 0.1) is 5.82 Å². The molecular formula is C22H25FN4OS. The van der Waals surface area contributed by atoms with E-state index in [1.54, 1.807) is 23.5 Å². The van der Waals surface area contributed by atoms with E-state index in [2.05, 4.69) is 22.8 Å². The van der Waals surface area contributed by atoms with Crippen LogP contribution in [0.4, 0.5) is 10.1 Å². The summed E-state index contributed by atoms with van der Waals surface area (Å²) in [5.41, 5.74) is 2.01. The van der Waals surface area contributed by atoms with Gasteiger partial charge in [-0.1, -0.05) is 12.1 Å². The zero-order chi connectivity index (χ0) is 20.4. The van der Waals surface area contributed by atoms with Crippen molar-refractivity contribution in [3.63, 3.8) is 0 Å². The number of likely N-dealkylation sites (N-methyl/N-ethyl adjacent to an activating group) is 1. The molecule has 7 heteroatoms. The summed E-state index contributed by atoms with van der Waals surface area (Å²) >= 11 is 1.68. The van der Waals surface area contributed by atoms with Crippen molar-refractivity contribution in [1.82, 2.24) is 14.8 Å². The van der Waals surface area contributed by atoms with Gasteiger partial charge in [-0.3, -0.25) is 9.69 Å². The SMILES string of the molecule is CC(c1nc2ccccc2s1)N(C)CC(=O)N1CCN(c2ccc(F)cc2)CC1. The number of anilines is 1. The Morgan fingerprint density at radius 2 is 1.83 bits per heavy atom. The number of hydrogen-bond acceptors (Lipinski definition) is 5. The molecule has 29 heavy (non-hydrogen) atoms. The molecule has 0 bridgehead atoms. The molecule has 4 rings (SSSR count). The molecule has 1 aliphatic rings. The van der Waals surface area contributed by atoms with Crippen LogP contribution in [-0.2, 0) is 4.79 Å². The number of nitrogens with zero attached hydrogens (tertiary/aromatic N) is 4. The maximum atomic E-state index is 13.1. The molecule has 0 N–H and O–H groups in total. The van der Waals surface area contributed by atoms with Gasteiger partial charge in [0.15, 0.2) is 0 Å². The van der Waals surface area contributed by atoms with Gasteiger partial charge in [0.25, 0.3) is 0 Å². The van der Waals surface area contributed by atoms with Crippen molar-refractivity contribution in [2.24, 2.45) is 0 Å². The maximum absolute atomic E-state index is 13.1. The third-order valence-electron chi connectivity index (χ3n) is 5.54. The minimum Gasteiger partial charge on any atom is -0.368 e. The Morgan fingerprint density at radius 1 is 1.14 bits per heavy atom. The second-order valence-corrected chi connectivity index (χ2v) is 8.52. The molecular weight excluding hydrogens is 387 g/mol. The van der Waals surface area contributed by atoms with Gasteiger partial charge >= 0.3 is 0 Å². The van der Waals surface area contributed by atoms with E-state index in [-0.39, 0.29) is 17.8 Å². The van der Waals surface area contributed by atoms with E-state index >= 15 is 0 Å². The third kappa shape index (κ3) is 4.41. The van der Waals surface area contributed by atoms with Gasteiger partial charge in [-0.15, -0.1) is 11.3 Å². The Bertz CT molecular complexity index is 949. The number of amides is 1. The maximum Gasteiger partial charge on any atom is 0.236 e. The molecule has 2 heterocycles. The van der Waals surface area contributed by atoms with Crippen LogP contribution in [0.25, 0.3) is 10.2 Å². The number of fused-ring (bicyclic) bond motifs is 1. The molecule has 2 aromatic carbocycles. The van der Waals surface area contributed by atoms with Gasteiger partial charge in [0.1, 0.15) is 10.8 Å². The van der Waals surface area contributed by atoms with Crippen LogP contribution in [0.5, 0.6) is 0 Å². The molecule has 1 aromatic heterocycles. The van der Waals surface area contributed by atoms with Gasteiger partial charge in [0.05, 0.1) is 22.8 Å². The normalized spacial score (nSPS) is 15.9. The zero-order valence-electron chi connectivity index (χ0n) is 16.7. The predicted molar refractivity (Wildman–Crippen MR) is 116 cm³/mol. The van der Waals surface area contributed by atoms with Crippen molar-refractivity contribution < 1.29 is 9.18 Å². The summed E-state index contributed by atoms with van der Waals surface area (Å²) in [5.74, 6) is -0.0907. The molecule has 1 saturated heterocycles. The number of carbonyl (C=O) groups excluding carboxylic acids is 1. The first-order chi connectivity index (χ1) is 14.0. The number of halogens is 1. The minimum atomic E-state index is -0.229. The lowest BCUT2D eigenvalue weighted by Gasteiger charge is -2.37. The van der Waals surface area contributed by atoms with Gasteiger partial charge in [0, 0.05) is 31.9 Å². The predicted octanol–water partition coefficient (Wildman–Crippen LogP) is 3.78. The number of benzene rings is 2. The second kappa shape index (κ2) is 8.47. The van der Waals surface area contributed by atoms with Crippen molar-refractivity contribution >= 4 is 33.1 Å². The molecule has 5 nitrogen and oxygen atoms in total. The fourth-order valence-electron chi connectivity index (χ4n) is 3.57. The van der Waals surface area contributed by atoms with E-state index < -0.39 is 0 Å². The lowest BCUT2D eigenvalue weighted by Crippen LogP contribution is -2.51. The number of piperazine rings is 1. The minimum absolute atomic E-state index is 0.0804. The van der Waals surface area contributed by atoms with E-state index in [1.165, 1.54) is 16.8 Å². The number of thiazole rings is 1. The zero-order valence-corrected chi connectivity index (χ0v) is 17.5. The molecule has 1 unspecified atom stereocenters. The largest absolute Gasteiger partial charge is 0.368 e. The van der Waals surface area contributed by atoms with Gasteiger partial charge in [-0.25, -0.2) is 9.37 Å². The summed E-state index contributed by atoms with van der Waals surface area (Å²) < 4.78 is 14.3. The monoisotopic (exact) mass is 412 g/mol. The highest BCUT2D eigenvalue weighted by Gasteiger charge is 2.24. The molecule has 1 aliphatic heterocycles. The molecule has 0 spiro atoms. The van der Waals surface area contributed by atoms with Crippen LogP contribution < -0.4 is 4.90 Å². The van der Waals surface area contributed by atoms with Crippen LogP contribution in [0.1, 0.15) is 18.0 Å². The quantitative estimate of drug-likeness (QED) is 0.640. The van der Waals surface area contributed by atoms with Crippen molar-refractivity contribution in [2.75, 3.05) is 44.7 Å². The standard InChI is InChI=1S/C22H25FN4OS/c1-16(22-24-19-5-3-4-6-20(19)29-22)25(2)15-21(28)27-13-11-26(12-14-27)18-9-7-17(23)8-10-18/h3-10,16H,11-15H2,1-2H3. The molecule has 1 amide bonds. The highest BCUT2D eigenvalue weighted by atomic mass is 32.1. The van der Waals surface area contributed by atoms with Crippen molar-refractivity contribution in [3.05, 3.63) is 59.4 Å². The number of para-hydroxylation sites is 1. The first-order valence-corrected chi connectivity index (χ1v) is 10.7.